The normalized spacial score (nSPS) is 12.6. The van der Waals surface area contributed by atoms with Gasteiger partial charge in [0.25, 0.3) is 0 Å². The lowest BCUT2D eigenvalue weighted by Crippen LogP contribution is -2.37. The Morgan fingerprint density at radius 2 is 2.05 bits per heavy atom. The van der Waals surface area contributed by atoms with Gasteiger partial charge in [-0.15, -0.1) is 0 Å². The molecular formula is C16H23ClN4. The van der Waals surface area contributed by atoms with Crippen LogP contribution in [0.15, 0.2) is 24.3 Å². The number of nitrogens with zero attached hydrogens (tertiary/aromatic N) is 2. The van der Waals surface area contributed by atoms with Crippen LogP contribution in [-0.4, -0.2) is 15.8 Å². The van der Waals surface area contributed by atoms with E-state index in [1.54, 1.807) is 0 Å². The molecular weight excluding hydrogens is 284 g/mol. The maximum Gasteiger partial charge on any atom is 0.0847 e. The van der Waals surface area contributed by atoms with Crippen LogP contribution in [0, 0.1) is 13.8 Å². The average molecular weight is 307 g/mol. The molecule has 0 aliphatic heterocycles. The Balaban J connectivity index is 2.02. The summed E-state index contributed by atoms with van der Waals surface area (Å²) in [5, 5.41) is 5.09. The molecule has 21 heavy (non-hydrogen) atoms. The van der Waals surface area contributed by atoms with E-state index < -0.39 is 0 Å². The van der Waals surface area contributed by atoms with Crippen molar-refractivity contribution in [3.63, 3.8) is 0 Å². The van der Waals surface area contributed by atoms with Gasteiger partial charge in [0.1, 0.15) is 0 Å². The second kappa shape index (κ2) is 7.07. The molecule has 1 heterocycles. The smallest absolute Gasteiger partial charge is 0.0847 e. The minimum atomic E-state index is 0.178. The van der Waals surface area contributed by atoms with E-state index in [9.17, 15) is 0 Å². The first-order valence-corrected chi connectivity index (χ1v) is 7.59. The Hall–Kier alpha value is -1.36. The maximum absolute atomic E-state index is 6.31. The van der Waals surface area contributed by atoms with Gasteiger partial charge in [0.15, 0.2) is 0 Å². The molecule has 0 radical (unpaired) electrons. The van der Waals surface area contributed by atoms with E-state index in [0.717, 1.165) is 35.7 Å². The van der Waals surface area contributed by atoms with Crippen molar-refractivity contribution >= 4 is 11.6 Å². The molecule has 3 N–H and O–H groups in total. The summed E-state index contributed by atoms with van der Waals surface area (Å²) < 4.78 is 1.84. The van der Waals surface area contributed by atoms with Crippen molar-refractivity contribution < 1.29 is 0 Å². The topological polar surface area (TPSA) is 55.9 Å². The zero-order valence-electron chi connectivity index (χ0n) is 12.9. The van der Waals surface area contributed by atoms with Crippen LogP contribution in [0.3, 0.4) is 0 Å². The first-order valence-electron chi connectivity index (χ1n) is 7.21. The van der Waals surface area contributed by atoms with Crippen molar-refractivity contribution in [1.82, 2.24) is 15.2 Å². The lowest BCUT2D eigenvalue weighted by Gasteiger charge is -2.17. The Bertz CT molecular complexity index is 606. The third-order valence-electron chi connectivity index (χ3n) is 3.96. The van der Waals surface area contributed by atoms with E-state index in [1.807, 2.05) is 18.7 Å². The Kier molecular flexibility index (Phi) is 5.39. The Morgan fingerprint density at radius 1 is 1.33 bits per heavy atom. The van der Waals surface area contributed by atoms with Gasteiger partial charge in [0.2, 0.25) is 0 Å². The Morgan fingerprint density at radius 3 is 2.62 bits per heavy atom. The van der Waals surface area contributed by atoms with Gasteiger partial charge in [-0.05, 0) is 37.8 Å². The van der Waals surface area contributed by atoms with Crippen molar-refractivity contribution in [3.8, 4) is 0 Å². The summed E-state index contributed by atoms with van der Waals surface area (Å²) in [6, 6.07) is 8.63. The predicted molar refractivity (Wildman–Crippen MR) is 87.3 cm³/mol. The van der Waals surface area contributed by atoms with Crippen LogP contribution in [0.25, 0.3) is 0 Å². The highest BCUT2D eigenvalue weighted by atomic mass is 35.5. The molecule has 5 heteroatoms. The van der Waals surface area contributed by atoms with Crippen molar-refractivity contribution in [2.24, 2.45) is 12.9 Å². The molecule has 0 bridgehead atoms. The van der Waals surface area contributed by atoms with Gasteiger partial charge in [0.05, 0.1) is 16.4 Å². The molecule has 2 aromatic rings. The number of nitrogens with one attached hydrogen (secondary N) is 1. The van der Waals surface area contributed by atoms with Crippen LogP contribution in [-0.2, 0) is 19.9 Å². The minimum absolute atomic E-state index is 0.178. The molecule has 1 unspecified atom stereocenters. The van der Waals surface area contributed by atoms with Gasteiger partial charge < -0.3 is 0 Å². The van der Waals surface area contributed by atoms with E-state index in [1.165, 1.54) is 11.1 Å². The fraction of sp³-hybridized carbons (Fsp3) is 0.438. The minimum Gasteiger partial charge on any atom is -0.271 e. The summed E-state index contributed by atoms with van der Waals surface area (Å²) in [5.41, 5.74) is 7.49. The predicted octanol–water partition coefficient (Wildman–Crippen LogP) is 2.70. The Labute approximate surface area is 131 Å². The molecule has 0 fully saturated rings. The van der Waals surface area contributed by atoms with Crippen LogP contribution >= 0.6 is 11.6 Å². The quantitative estimate of drug-likeness (QED) is 0.637. The molecule has 114 valence electrons. The van der Waals surface area contributed by atoms with Gasteiger partial charge in [-0.3, -0.25) is 16.0 Å². The summed E-state index contributed by atoms with van der Waals surface area (Å²) in [5.74, 6) is 5.71. The molecule has 0 aliphatic carbocycles. The first kappa shape index (κ1) is 16.0. The third kappa shape index (κ3) is 3.84. The van der Waals surface area contributed by atoms with E-state index in [0.29, 0.717) is 0 Å². The van der Waals surface area contributed by atoms with E-state index >= 15 is 0 Å². The molecule has 1 aromatic carbocycles. The summed E-state index contributed by atoms with van der Waals surface area (Å²) in [7, 11) is 1.92. The summed E-state index contributed by atoms with van der Waals surface area (Å²) in [6.45, 7) is 4.06. The van der Waals surface area contributed by atoms with Crippen LogP contribution in [0.1, 0.15) is 28.9 Å². The van der Waals surface area contributed by atoms with Crippen molar-refractivity contribution in [2.75, 3.05) is 0 Å². The molecule has 0 amide bonds. The molecule has 1 atom stereocenters. The lowest BCUT2D eigenvalue weighted by molar-refractivity contribution is 0.477. The number of halogens is 1. The van der Waals surface area contributed by atoms with Crippen LogP contribution in [0.5, 0.6) is 0 Å². The lowest BCUT2D eigenvalue weighted by atomic mass is 9.99. The second-order valence-electron chi connectivity index (χ2n) is 5.50. The maximum atomic E-state index is 6.31. The first-order chi connectivity index (χ1) is 10.0. The van der Waals surface area contributed by atoms with Crippen LogP contribution < -0.4 is 11.3 Å². The fourth-order valence-electron chi connectivity index (χ4n) is 2.60. The number of hydrazine groups is 1. The summed E-state index contributed by atoms with van der Waals surface area (Å²) in [6.07, 6.45) is 2.73. The SMILES string of the molecule is Cc1ccccc1CCC(Cc1c(Cl)c(C)nn1C)NN. The monoisotopic (exact) mass is 306 g/mol. The number of aromatic nitrogens is 2. The number of aryl methyl sites for hydroxylation is 4. The van der Waals surface area contributed by atoms with Crippen molar-refractivity contribution in [1.29, 1.82) is 0 Å². The van der Waals surface area contributed by atoms with Crippen LogP contribution in [0.4, 0.5) is 0 Å². The molecule has 0 saturated carbocycles. The molecule has 2 rings (SSSR count). The van der Waals surface area contributed by atoms with E-state index in [2.05, 4.69) is 41.7 Å². The van der Waals surface area contributed by atoms with Gasteiger partial charge in [-0.1, -0.05) is 35.9 Å². The zero-order chi connectivity index (χ0) is 15.4. The molecule has 0 saturated heterocycles. The highest BCUT2D eigenvalue weighted by Gasteiger charge is 2.16. The summed E-state index contributed by atoms with van der Waals surface area (Å²) >= 11 is 6.31. The standard InChI is InChI=1S/C16H23ClN4/c1-11-6-4-5-7-13(11)8-9-14(19-18)10-15-16(17)12(2)20-21(15)3/h4-7,14,19H,8-10,18H2,1-3H3. The number of benzene rings is 1. The zero-order valence-corrected chi connectivity index (χ0v) is 13.6. The van der Waals surface area contributed by atoms with Gasteiger partial charge in [-0.2, -0.15) is 5.10 Å². The van der Waals surface area contributed by atoms with Gasteiger partial charge in [0, 0.05) is 19.5 Å². The second-order valence-corrected chi connectivity index (χ2v) is 5.88. The third-order valence-corrected chi connectivity index (χ3v) is 4.45. The molecule has 0 spiro atoms. The average Bonchev–Trinajstić information content (AvgIpc) is 2.70. The largest absolute Gasteiger partial charge is 0.271 e. The van der Waals surface area contributed by atoms with Crippen molar-refractivity contribution in [2.45, 2.75) is 39.2 Å². The fourth-order valence-corrected chi connectivity index (χ4v) is 2.84. The molecule has 0 aliphatic rings. The van der Waals surface area contributed by atoms with Crippen LogP contribution in [0.2, 0.25) is 5.02 Å². The van der Waals surface area contributed by atoms with Gasteiger partial charge >= 0.3 is 0 Å². The molecule has 4 nitrogen and oxygen atoms in total. The number of nitrogens with two attached hydrogens (primary N) is 1. The number of hydrogen-bond donors (Lipinski definition) is 2. The van der Waals surface area contributed by atoms with Gasteiger partial charge in [-0.25, -0.2) is 0 Å². The van der Waals surface area contributed by atoms with E-state index in [-0.39, 0.29) is 6.04 Å². The number of rotatable bonds is 6. The molecule has 1 aromatic heterocycles. The highest BCUT2D eigenvalue weighted by molar-refractivity contribution is 6.31. The number of hydrogen-bond acceptors (Lipinski definition) is 3. The summed E-state index contributed by atoms with van der Waals surface area (Å²) in [4.78, 5) is 0. The van der Waals surface area contributed by atoms with Crippen molar-refractivity contribution in [3.05, 3.63) is 51.8 Å². The highest BCUT2D eigenvalue weighted by Crippen LogP contribution is 2.22. The van der Waals surface area contributed by atoms with E-state index in [4.69, 9.17) is 17.4 Å².